The second-order valence-electron chi connectivity index (χ2n) is 5.46. The average molecular weight is 314 g/mol. The van der Waals surface area contributed by atoms with E-state index in [1.807, 2.05) is 37.3 Å². The zero-order valence-corrected chi connectivity index (χ0v) is 13.2. The van der Waals surface area contributed by atoms with Crippen molar-refractivity contribution in [1.82, 2.24) is 9.88 Å². The van der Waals surface area contributed by atoms with Crippen LogP contribution in [0.2, 0.25) is 0 Å². The van der Waals surface area contributed by atoms with Crippen LogP contribution in [0.4, 0.5) is 0 Å². The largest absolute Gasteiger partial charge is 0.389 e. The van der Waals surface area contributed by atoms with Gasteiger partial charge in [-0.2, -0.15) is 0 Å². The molecule has 0 saturated heterocycles. The van der Waals surface area contributed by atoms with Gasteiger partial charge in [-0.15, -0.1) is 0 Å². The van der Waals surface area contributed by atoms with Gasteiger partial charge in [-0.3, -0.25) is 9.59 Å². The molecular weight excluding hydrogens is 292 g/mol. The molecule has 0 aliphatic rings. The summed E-state index contributed by atoms with van der Waals surface area (Å²) in [6, 6.07) is 14.4. The number of benzene rings is 1. The van der Waals surface area contributed by atoms with Crippen molar-refractivity contribution in [3.63, 3.8) is 0 Å². The second-order valence-corrected chi connectivity index (χ2v) is 5.46. The molecule has 1 amide bonds. The molecule has 0 aliphatic carbocycles. The van der Waals surface area contributed by atoms with Gasteiger partial charge in [0.1, 0.15) is 0 Å². The number of nitrogens with one attached hydrogen (secondary N) is 1. The van der Waals surface area contributed by atoms with E-state index in [0.29, 0.717) is 6.42 Å². The number of nitrogens with zero attached hydrogens (tertiary/aromatic N) is 1. The molecular formula is C18H22N2O3. The highest BCUT2D eigenvalue weighted by atomic mass is 16.3. The Balaban J connectivity index is 1.90. The van der Waals surface area contributed by atoms with Crippen LogP contribution in [0.1, 0.15) is 24.8 Å². The van der Waals surface area contributed by atoms with E-state index in [9.17, 15) is 14.7 Å². The lowest BCUT2D eigenvalue weighted by Gasteiger charge is -2.18. The van der Waals surface area contributed by atoms with Crippen LogP contribution in [0.15, 0.2) is 59.5 Å². The van der Waals surface area contributed by atoms with Crippen molar-refractivity contribution in [3.8, 4) is 0 Å². The van der Waals surface area contributed by atoms with E-state index in [1.165, 1.54) is 10.6 Å². The van der Waals surface area contributed by atoms with Crippen molar-refractivity contribution in [2.24, 2.45) is 0 Å². The third-order valence-corrected chi connectivity index (χ3v) is 3.75. The summed E-state index contributed by atoms with van der Waals surface area (Å²) in [6.45, 7) is 2.22. The maximum absolute atomic E-state index is 12.3. The highest BCUT2D eigenvalue weighted by molar-refractivity contribution is 5.83. The summed E-state index contributed by atoms with van der Waals surface area (Å²) < 4.78 is 1.42. The smallest absolute Gasteiger partial charge is 0.250 e. The van der Waals surface area contributed by atoms with Gasteiger partial charge in [-0.05, 0) is 18.1 Å². The highest BCUT2D eigenvalue weighted by Crippen LogP contribution is 2.19. The fraction of sp³-hybridized carbons (Fsp3) is 0.333. The number of hydrogen-bond donors (Lipinski definition) is 2. The Morgan fingerprint density at radius 1 is 1.17 bits per heavy atom. The Morgan fingerprint density at radius 2 is 1.87 bits per heavy atom. The molecule has 1 heterocycles. The van der Waals surface area contributed by atoms with E-state index in [-0.39, 0.29) is 30.5 Å². The lowest BCUT2D eigenvalue weighted by Crippen LogP contribution is -2.38. The molecule has 2 aromatic rings. The molecule has 1 aromatic carbocycles. The number of rotatable bonds is 7. The van der Waals surface area contributed by atoms with E-state index < -0.39 is 6.10 Å². The number of aromatic nitrogens is 1. The monoisotopic (exact) mass is 314 g/mol. The number of carbonyl (C=O) groups excluding carboxylic acids is 1. The normalized spacial score (nSPS) is 13.3. The van der Waals surface area contributed by atoms with Crippen molar-refractivity contribution >= 4 is 5.91 Å². The van der Waals surface area contributed by atoms with Crippen molar-refractivity contribution in [2.75, 3.05) is 6.54 Å². The van der Waals surface area contributed by atoms with Gasteiger partial charge in [0.25, 0.3) is 5.56 Å². The maximum atomic E-state index is 12.3. The summed E-state index contributed by atoms with van der Waals surface area (Å²) in [5, 5.41) is 12.8. The van der Waals surface area contributed by atoms with E-state index in [4.69, 9.17) is 0 Å². The summed E-state index contributed by atoms with van der Waals surface area (Å²) in [6.07, 6.45) is 1.49. The lowest BCUT2D eigenvalue weighted by atomic mass is 9.95. The zero-order valence-electron chi connectivity index (χ0n) is 13.2. The third-order valence-electron chi connectivity index (χ3n) is 3.75. The van der Waals surface area contributed by atoms with Gasteiger partial charge in [0.2, 0.25) is 5.91 Å². The van der Waals surface area contributed by atoms with Gasteiger partial charge in [0.15, 0.2) is 0 Å². The first-order chi connectivity index (χ1) is 11.1. The van der Waals surface area contributed by atoms with Gasteiger partial charge >= 0.3 is 0 Å². The van der Waals surface area contributed by atoms with E-state index in [1.54, 1.807) is 18.3 Å². The van der Waals surface area contributed by atoms with Gasteiger partial charge < -0.3 is 15.0 Å². The van der Waals surface area contributed by atoms with Crippen molar-refractivity contribution in [2.45, 2.75) is 31.9 Å². The van der Waals surface area contributed by atoms with E-state index >= 15 is 0 Å². The van der Waals surface area contributed by atoms with Gasteiger partial charge in [-0.1, -0.05) is 43.3 Å². The molecule has 0 aliphatic heterocycles. The van der Waals surface area contributed by atoms with Crippen LogP contribution < -0.4 is 10.9 Å². The van der Waals surface area contributed by atoms with Gasteiger partial charge in [0.05, 0.1) is 18.6 Å². The van der Waals surface area contributed by atoms with Crippen LogP contribution in [-0.4, -0.2) is 28.2 Å². The van der Waals surface area contributed by atoms with E-state index in [0.717, 1.165) is 5.56 Å². The van der Waals surface area contributed by atoms with E-state index in [2.05, 4.69) is 5.32 Å². The molecule has 5 heteroatoms. The fourth-order valence-corrected chi connectivity index (χ4v) is 2.50. The average Bonchev–Trinajstić information content (AvgIpc) is 2.57. The minimum atomic E-state index is -0.813. The number of aliphatic hydroxyl groups excluding tert-OH is 1. The predicted molar refractivity (Wildman–Crippen MR) is 89.2 cm³/mol. The van der Waals surface area contributed by atoms with Crippen molar-refractivity contribution < 1.29 is 9.90 Å². The molecule has 5 nitrogen and oxygen atoms in total. The van der Waals surface area contributed by atoms with Crippen molar-refractivity contribution in [3.05, 3.63) is 70.6 Å². The third kappa shape index (κ3) is 4.79. The number of carbonyl (C=O) groups is 1. The molecule has 0 bridgehead atoms. The summed E-state index contributed by atoms with van der Waals surface area (Å²) in [4.78, 5) is 23.9. The van der Waals surface area contributed by atoms with Gasteiger partial charge in [0, 0.05) is 18.8 Å². The Labute approximate surface area is 135 Å². The SMILES string of the molecule is CCC(C(=O)NCC(O)Cn1ccccc1=O)c1ccccc1. The Morgan fingerprint density at radius 3 is 2.52 bits per heavy atom. The first kappa shape index (κ1) is 17.0. The Bertz CT molecular complexity index is 682. The molecule has 0 radical (unpaired) electrons. The molecule has 2 N–H and O–H groups in total. The van der Waals surface area contributed by atoms with Crippen LogP contribution in [0, 0.1) is 0 Å². The summed E-state index contributed by atoms with van der Waals surface area (Å²) >= 11 is 0. The Kier molecular flexibility index (Phi) is 6.11. The standard InChI is InChI=1S/C18H22N2O3/c1-2-16(14-8-4-3-5-9-14)18(23)19-12-15(21)13-20-11-7-6-10-17(20)22/h3-11,15-16,21H,2,12-13H2,1H3,(H,19,23). The number of aliphatic hydroxyl groups is 1. The maximum Gasteiger partial charge on any atom is 0.250 e. The summed E-state index contributed by atoms with van der Waals surface area (Å²) in [7, 11) is 0. The molecule has 2 atom stereocenters. The van der Waals surface area contributed by atoms with Crippen LogP contribution in [0.5, 0.6) is 0 Å². The second kappa shape index (κ2) is 8.29. The molecule has 122 valence electrons. The van der Waals surface area contributed by atoms with Crippen LogP contribution in [0.25, 0.3) is 0 Å². The predicted octanol–water partition coefficient (Wildman–Crippen LogP) is 1.52. The first-order valence-corrected chi connectivity index (χ1v) is 7.78. The molecule has 0 fully saturated rings. The summed E-state index contributed by atoms with van der Waals surface area (Å²) in [5.41, 5.74) is 0.787. The topological polar surface area (TPSA) is 71.3 Å². The molecule has 1 aromatic heterocycles. The minimum absolute atomic E-state index is 0.113. The quantitative estimate of drug-likeness (QED) is 0.814. The lowest BCUT2D eigenvalue weighted by molar-refractivity contribution is -0.123. The number of pyridine rings is 1. The number of hydrogen-bond acceptors (Lipinski definition) is 3. The minimum Gasteiger partial charge on any atom is -0.389 e. The van der Waals surface area contributed by atoms with Crippen molar-refractivity contribution in [1.29, 1.82) is 0 Å². The molecule has 23 heavy (non-hydrogen) atoms. The Hall–Kier alpha value is -2.40. The number of amides is 1. The summed E-state index contributed by atoms with van der Waals surface area (Å²) in [5.74, 6) is -0.346. The van der Waals surface area contributed by atoms with Gasteiger partial charge in [-0.25, -0.2) is 0 Å². The van der Waals surface area contributed by atoms with Crippen LogP contribution >= 0.6 is 0 Å². The first-order valence-electron chi connectivity index (χ1n) is 7.78. The highest BCUT2D eigenvalue weighted by Gasteiger charge is 2.19. The molecule has 2 rings (SSSR count). The van der Waals surface area contributed by atoms with Crippen LogP contribution in [0.3, 0.4) is 0 Å². The zero-order chi connectivity index (χ0) is 16.7. The molecule has 0 saturated carbocycles. The molecule has 0 spiro atoms. The fourth-order valence-electron chi connectivity index (χ4n) is 2.50. The van der Waals surface area contributed by atoms with Crippen LogP contribution in [-0.2, 0) is 11.3 Å². The molecule has 2 unspecified atom stereocenters.